The van der Waals surface area contributed by atoms with Crippen LogP contribution in [0.2, 0.25) is 0 Å². The van der Waals surface area contributed by atoms with Crippen molar-refractivity contribution >= 4 is 11.6 Å². The van der Waals surface area contributed by atoms with Crippen LogP contribution in [0, 0.1) is 0 Å². The summed E-state index contributed by atoms with van der Waals surface area (Å²) < 4.78 is 0. The Bertz CT molecular complexity index is 380. The molecule has 18 heavy (non-hydrogen) atoms. The van der Waals surface area contributed by atoms with Crippen molar-refractivity contribution in [3.63, 3.8) is 0 Å². The van der Waals surface area contributed by atoms with Gasteiger partial charge in [-0.05, 0) is 25.5 Å². The molecule has 1 aromatic rings. The number of carbonyl (C=O) groups excluding carboxylic acids is 1. The van der Waals surface area contributed by atoms with Crippen molar-refractivity contribution in [2.75, 3.05) is 18.5 Å². The van der Waals surface area contributed by atoms with Gasteiger partial charge in [0.15, 0.2) is 0 Å². The predicted molar refractivity (Wildman–Crippen MR) is 73.9 cm³/mol. The van der Waals surface area contributed by atoms with Crippen molar-refractivity contribution < 1.29 is 9.90 Å². The lowest BCUT2D eigenvalue weighted by molar-refractivity contribution is 0.0923. The molecule has 0 spiro atoms. The van der Waals surface area contributed by atoms with E-state index in [9.17, 15) is 4.79 Å². The molecule has 100 valence electrons. The van der Waals surface area contributed by atoms with E-state index in [1.807, 2.05) is 18.2 Å². The van der Waals surface area contributed by atoms with E-state index in [0.29, 0.717) is 5.56 Å². The Morgan fingerprint density at radius 3 is 2.78 bits per heavy atom. The number of unbranched alkanes of at least 4 members (excludes halogenated alkanes) is 1. The van der Waals surface area contributed by atoms with Crippen molar-refractivity contribution in [2.24, 2.45) is 0 Å². The average Bonchev–Trinajstić information content (AvgIpc) is 2.39. The molecule has 3 N–H and O–H groups in total. The molecule has 0 aromatic heterocycles. The van der Waals surface area contributed by atoms with Crippen LogP contribution in [-0.4, -0.2) is 30.2 Å². The van der Waals surface area contributed by atoms with Gasteiger partial charge >= 0.3 is 0 Å². The van der Waals surface area contributed by atoms with Crippen molar-refractivity contribution in [2.45, 2.75) is 32.7 Å². The number of anilines is 1. The smallest absolute Gasteiger partial charge is 0.253 e. The lowest BCUT2D eigenvalue weighted by Crippen LogP contribution is -2.35. The minimum atomic E-state index is -0.235. The van der Waals surface area contributed by atoms with Crippen molar-refractivity contribution in [3.8, 4) is 0 Å². The molecule has 4 heteroatoms. The Morgan fingerprint density at radius 1 is 1.39 bits per heavy atom. The first kappa shape index (κ1) is 14.5. The summed E-state index contributed by atoms with van der Waals surface area (Å²) in [6.07, 6.45) is 2.19. The molecule has 0 saturated heterocycles. The molecule has 0 bridgehead atoms. The first-order valence-electron chi connectivity index (χ1n) is 6.43. The fourth-order valence-corrected chi connectivity index (χ4v) is 1.58. The number of hydrogen-bond acceptors (Lipinski definition) is 3. The quantitative estimate of drug-likeness (QED) is 0.649. The van der Waals surface area contributed by atoms with E-state index in [1.54, 1.807) is 13.0 Å². The van der Waals surface area contributed by atoms with Crippen LogP contribution in [0.5, 0.6) is 0 Å². The van der Waals surface area contributed by atoms with E-state index in [1.165, 1.54) is 0 Å². The minimum absolute atomic E-state index is 0.0584. The summed E-state index contributed by atoms with van der Waals surface area (Å²) in [5.74, 6) is -0.156. The molecule has 0 saturated carbocycles. The number of benzene rings is 1. The van der Waals surface area contributed by atoms with Gasteiger partial charge in [-0.1, -0.05) is 25.5 Å². The summed E-state index contributed by atoms with van der Waals surface area (Å²) in [6, 6.07) is 7.19. The van der Waals surface area contributed by atoms with Gasteiger partial charge in [-0.2, -0.15) is 0 Å². The molecule has 1 atom stereocenters. The van der Waals surface area contributed by atoms with Crippen LogP contribution in [-0.2, 0) is 0 Å². The summed E-state index contributed by atoms with van der Waals surface area (Å²) >= 11 is 0. The Labute approximate surface area is 108 Å². The van der Waals surface area contributed by atoms with Crippen LogP contribution in [0.4, 0.5) is 5.69 Å². The molecule has 4 nitrogen and oxygen atoms in total. The normalized spacial score (nSPS) is 11.9. The lowest BCUT2D eigenvalue weighted by Gasteiger charge is -2.14. The van der Waals surface area contributed by atoms with Gasteiger partial charge in [0, 0.05) is 18.3 Å². The summed E-state index contributed by atoms with van der Waals surface area (Å²) in [7, 11) is 0. The van der Waals surface area contributed by atoms with Gasteiger partial charge in [0.25, 0.3) is 5.91 Å². The number of amides is 1. The summed E-state index contributed by atoms with van der Waals surface area (Å²) in [4.78, 5) is 12.0. The molecule has 0 aliphatic carbocycles. The Morgan fingerprint density at radius 2 is 2.11 bits per heavy atom. The highest BCUT2D eigenvalue weighted by molar-refractivity contribution is 5.99. The standard InChI is InChI=1S/C14H22N2O2/c1-3-4-9-15-13-8-6-5-7-12(13)14(18)16-11(2)10-17/h5-8,11,15,17H,3-4,9-10H2,1-2H3,(H,16,18). The van der Waals surface area contributed by atoms with Gasteiger partial charge in [0.2, 0.25) is 0 Å². The van der Waals surface area contributed by atoms with Crippen molar-refractivity contribution in [3.05, 3.63) is 29.8 Å². The van der Waals surface area contributed by atoms with Crippen LogP contribution in [0.3, 0.4) is 0 Å². The second-order valence-corrected chi connectivity index (χ2v) is 4.38. The van der Waals surface area contributed by atoms with E-state index in [-0.39, 0.29) is 18.6 Å². The van der Waals surface area contributed by atoms with Crippen LogP contribution in [0.15, 0.2) is 24.3 Å². The third kappa shape index (κ3) is 4.37. The van der Waals surface area contributed by atoms with Gasteiger partial charge in [-0.15, -0.1) is 0 Å². The highest BCUT2D eigenvalue weighted by Crippen LogP contribution is 2.15. The molecule has 0 radical (unpaired) electrons. The molecular formula is C14H22N2O2. The van der Waals surface area contributed by atoms with Gasteiger partial charge in [-0.25, -0.2) is 0 Å². The summed E-state index contributed by atoms with van der Waals surface area (Å²) in [6.45, 7) is 4.70. The van der Waals surface area contributed by atoms with Gasteiger partial charge < -0.3 is 15.7 Å². The molecule has 0 fully saturated rings. The lowest BCUT2D eigenvalue weighted by atomic mass is 10.1. The molecule has 1 amide bonds. The maximum absolute atomic E-state index is 12.0. The Balaban J connectivity index is 2.71. The third-order valence-corrected chi connectivity index (χ3v) is 2.67. The SMILES string of the molecule is CCCCNc1ccccc1C(=O)NC(C)CO. The Hall–Kier alpha value is -1.55. The minimum Gasteiger partial charge on any atom is -0.394 e. The van der Waals surface area contributed by atoms with Gasteiger partial charge in [0.1, 0.15) is 0 Å². The number of aliphatic hydroxyl groups excluding tert-OH is 1. The number of nitrogens with one attached hydrogen (secondary N) is 2. The van der Waals surface area contributed by atoms with Gasteiger partial charge in [-0.3, -0.25) is 4.79 Å². The third-order valence-electron chi connectivity index (χ3n) is 2.67. The van der Waals surface area contributed by atoms with E-state index in [4.69, 9.17) is 5.11 Å². The molecule has 1 aromatic carbocycles. The fourth-order valence-electron chi connectivity index (χ4n) is 1.58. The molecule has 0 aliphatic heterocycles. The number of carbonyl (C=O) groups is 1. The maximum Gasteiger partial charge on any atom is 0.253 e. The monoisotopic (exact) mass is 250 g/mol. The number of aliphatic hydroxyl groups is 1. The topological polar surface area (TPSA) is 61.4 Å². The van der Waals surface area contributed by atoms with Gasteiger partial charge in [0.05, 0.1) is 12.2 Å². The van der Waals surface area contributed by atoms with E-state index >= 15 is 0 Å². The average molecular weight is 250 g/mol. The van der Waals surface area contributed by atoms with Crippen molar-refractivity contribution in [1.82, 2.24) is 5.32 Å². The highest BCUT2D eigenvalue weighted by Gasteiger charge is 2.12. The van der Waals surface area contributed by atoms with Crippen LogP contribution < -0.4 is 10.6 Å². The molecule has 1 rings (SSSR count). The van der Waals surface area contributed by atoms with E-state index < -0.39 is 0 Å². The molecule has 0 heterocycles. The number of hydrogen-bond donors (Lipinski definition) is 3. The first-order valence-corrected chi connectivity index (χ1v) is 6.43. The van der Waals surface area contributed by atoms with Crippen molar-refractivity contribution in [1.29, 1.82) is 0 Å². The highest BCUT2D eigenvalue weighted by atomic mass is 16.3. The van der Waals surface area contributed by atoms with E-state index in [2.05, 4.69) is 17.6 Å². The molecular weight excluding hydrogens is 228 g/mol. The second-order valence-electron chi connectivity index (χ2n) is 4.38. The zero-order valence-corrected chi connectivity index (χ0v) is 11.1. The molecule has 1 unspecified atom stereocenters. The van der Waals surface area contributed by atoms with Crippen LogP contribution in [0.25, 0.3) is 0 Å². The Kier molecular flexibility index (Phi) is 6.22. The number of rotatable bonds is 7. The molecule has 0 aliphatic rings. The zero-order valence-electron chi connectivity index (χ0n) is 11.1. The fraction of sp³-hybridized carbons (Fsp3) is 0.500. The summed E-state index contributed by atoms with van der Waals surface area (Å²) in [5, 5.41) is 15.0. The van der Waals surface area contributed by atoms with E-state index in [0.717, 1.165) is 25.1 Å². The van der Waals surface area contributed by atoms with Crippen LogP contribution in [0.1, 0.15) is 37.0 Å². The summed E-state index contributed by atoms with van der Waals surface area (Å²) in [5.41, 5.74) is 1.46. The zero-order chi connectivity index (χ0) is 13.4. The predicted octanol–water partition coefficient (Wildman–Crippen LogP) is 2.01. The maximum atomic E-state index is 12.0. The largest absolute Gasteiger partial charge is 0.394 e. The van der Waals surface area contributed by atoms with Crippen LogP contribution >= 0.6 is 0 Å². The first-order chi connectivity index (χ1) is 8.69. The number of para-hydroxylation sites is 1. The second kappa shape index (κ2) is 7.71.